The van der Waals surface area contributed by atoms with Crippen LogP contribution in [0.1, 0.15) is 5.56 Å². The minimum absolute atomic E-state index is 0.567. The van der Waals surface area contributed by atoms with Gasteiger partial charge in [0.1, 0.15) is 0 Å². The molecule has 57 heavy (non-hydrogen) atoms. The van der Waals surface area contributed by atoms with E-state index in [-0.39, 0.29) is 0 Å². The Morgan fingerprint density at radius 2 is 1.09 bits per heavy atom. The molecule has 5 heteroatoms. The lowest BCUT2D eigenvalue weighted by Gasteiger charge is -2.10. The van der Waals surface area contributed by atoms with Crippen LogP contribution in [-0.4, -0.2) is 15.3 Å². The first-order chi connectivity index (χ1) is 28.2. The van der Waals surface area contributed by atoms with Crippen molar-refractivity contribution in [2.75, 3.05) is 0 Å². The van der Waals surface area contributed by atoms with E-state index in [0.29, 0.717) is 6.67 Å². The van der Waals surface area contributed by atoms with Gasteiger partial charge in [0.05, 0.1) is 28.7 Å². The normalized spacial score (nSPS) is 12.1. The van der Waals surface area contributed by atoms with E-state index in [0.717, 1.165) is 16.8 Å². The second kappa shape index (κ2) is 13.5. The topological polar surface area (TPSA) is 45.7 Å². The van der Waals surface area contributed by atoms with Crippen LogP contribution in [0.5, 0.6) is 0 Å². The average molecular weight is 749 g/mol. The molecule has 0 saturated heterocycles. The summed E-state index contributed by atoms with van der Waals surface area (Å²) >= 11 is 1.85. The summed E-state index contributed by atoms with van der Waals surface area (Å²) in [5.74, 6) is 0. The van der Waals surface area contributed by atoms with Crippen molar-refractivity contribution in [1.29, 1.82) is 5.41 Å². The summed E-state index contributed by atoms with van der Waals surface area (Å²) in [6, 6.07) is 65.4. The smallest absolute Gasteiger partial charge is 0.0921 e. The standard InChI is InChI=1S/C52H36N4S/c53-31-38(34-21-23-35(24-22-34)40-16-10-17-44-43-15-6-9-20-51(43)57-52(40)44)32-54-33-55-47-18-7-4-13-41(47)45-29-36(25-27-48(45)55)37-26-28-50-46(30-37)42-14-5-8-19-49(42)56(50)39-11-2-1-3-12-39/h1-32,53-54H,33H2/b38-32+,53-31?. The Morgan fingerprint density at radius 3 is 1.86 bits per heavy atom. The van der Waals surface area contributed by atoms with Crippen molar-refractivity contribution in [3.05, 3.63) is 194 Å². The van der Waals surface area contributed by atoms with Crippen molar-refractivity contribution < 1.29 is 0 Å². The van der Waals surface area contributed by atoms with E-state index in [4.69, 9.17) is 5.41 Å². The zero-order chi connectivity index (χ0) is 37.9. The number of benzene rings is 8. The van der Waals surface area contributed by atoms with E-state index in [2.05, 4.69) is 196 Å². The monoisotopic (exact) mass is 748 g/mol. The van der Waals surface area contributed by atoms with Crippen LogP contribution in [0.3, 0.4) is 0 Å². The summed E-state index contributed by atoms with van der Waals surface area (Å²) in [5.41, 5.74) is 12.5. The molecule has 2 N–H and O–H groups in total. The molecule has 0 unspecified atom stereocenters. The molecule has 0 aliphatic heterocycles. The molecule has 3 heterocycles. The second-order valence-corrected chi connectivity index (χ2v) is 15.6. The van der Waals surface area contributed by atoms with Gasteiger partial charge in [-0.15, -0.1) is 11.3 Å². The van der Waals surface area contributed by atoms with Crippen LogP contribution in [0.4, 0.5) is 0 Å². The first kappa shape index (κ1) is 33.2. The molecule has 8 aromatic carbocycles. The third kappa shape index (κ3) is 5.47. The summed E-state index contributed by atoms with van der Waals surface area (Å²) in [7, 11) is 0. The van der Waals surface area contributed by atoms with Gasteiger partial charge in [-0.1, -0.05) is 127 Å². The predicted octanol–water partition coefficient (Wildman–Crippen LogP) is 13.8. The molecule has 0 atom stereocenters. The summed E-state index contributed by atoms with van der Waals surface area (Å²) in [6.07, 6.45) is 3.39. The molecule has 0 fully saturated rings. The van der Waals surface area contributed by atoms with Crippen molar-refractivity contribution >= 4 is 86.9 Å². The Balaban J connectivity index is 0.904. The second-order valence-electron chi connectivity index (χ2n) is 14.6. The van der Waals surface area contributed by atoms with Crippen LogP contribution in [0.2, 0.25) is 0 Å². The Morgan fingerprint density at radius 1 is 0.509 bits per heavy atom. The van der Waals surface area contributed by atoms with Crippen molar-refractivity contribution in [2.45, 2.75) is 6.67 Å². The van der Waals surface area contributed by atoms with E-state index in [1.807, 2.05) is 17.5 Å². The summed E-state index contributed by atoms with van der Waals surface area (Å²) in [6.45, 7) is 0.567. The Hall–Kier alpha value is -7.21. The fourth-order valence-corrected chi connectivity index (χ4v) is 9.92. The Labute approximate surface area is 333 Å². The first-order valence-electron chi connectivity index (χ1n) is 19.3. The number of nitrogens with zero attached hydrogens (tertiary/aromatic N) is 2. The number of para-hydroxylation sites is 3. The number of hydrogen-bond acceptors (Lipinski definition) is 3. The van der Waals surface area contributed by atoms with Gasteiger partial charge in [0.2, 0.25) is 0 Å². The van der Waals surface area contributed by atoms with E-state index >= 15 is 0 Å². The third-order valence-corrected chi connectivity index (χ3v) is 12.6. The largest absolute Gasteiger partial charge is 0.373 e. The quantitative estimate of drug-likeness (QED) is 0.149. The lowest BCUT2D eigenvalue weighted by atomic mass is 9.99. The first-order valence-corrected chi connectivity index (χ1v) is 20.1. The molecule has 0 bridgehead atoms. The van der Waals surface area contributed by atoms with E-state index in [1.54, 1.807) is 0 Å². The minimum Gasteiger partial charge on any atom is -0.373 e. The van der Waals surface area contributed by atoms with Crippen LogP contribution < -0.4 is 5.32 Å². The van der Waals surface area contributed by atoms with Crippen LogP contribution in [0.25, 0.3) is 97.3 Å². The van der Waals surface area contributed by atoms with Gasteiger partial charge in [0.25, 0.3) is 0 Å². The highest BCUT2D eigenvalue weighted by atomic mass is 32.1. The fourth-order valence-electron chi connectivity index (χ4n) is 8.68. The Bertz CT molecular complexity index is 3360. The Kier molecular flexibility index (Phi) is 7.86. The van der Waals surface area contributed by atoms with E-state index in [1.165, 1.54) is 92.3 Å². The molecular weight excluding hydrogens is 713 g/mol. The van der Waals surface area contributed by atoms with Gasteiger partial charge in [0, 0.05) is 65.4 Å². The fraction of sp³-hybridized carbons (Fsp3) is 0.0192. The third-order valence-electron chi connectivity index (χ3n) is 11.4. The average Bonchev–Trinajstić information content (AvgIpc) is 3.93. The van der Waals surface area contributed by atoms with Gasteiger partial charge >= 0.3 is 0 Å². The minimum atomic E-state index is 0.567. The van der Waals surface area contributed by atoms with Gasteiger partial charge in [-0.2, -0.15) is 0 Å². The SMILES string of the molecule is N=C/C(=C\NCn1c2ccccc2c2cc(-c3ccc4c(c3)c3ccccc3n4-c3ccccc3)ccc21)c1ccc(-c2cccc3c2sc2ccccc23)cc1. The highest BCUT2D eigenvalue weighted by Crippen LogP contribution is 2.40. The van der Waals surface area contributed by atoms with Crippen LogP contribution in [-0.2, 0) is 6.67 Å². The molecule has 11 aromatic rings. The van der Waals surface area contributed by atoms with Crippen molar-refractivity contribution in [3.8, 4) is 27.9 Å². The van der Waals surface area contributed by atoms with Gasteiger partial charge in [0.15, 0.2) is 0 Å². The molecule has 0 aliphatic rings. The van der Waals surface area contributed by atoms with Gasteiger partial charge < -0.3 is 19.9 Å². The van der Waals surface area contributed by atoms with Gasteiger partial charge in [-0.3, -0.25) is 0 Å². The molecule has 0 saturated carbocycles. The molecule has 11 rings (SSSR count). The van der Waals surface area contributed by atoms with Crippen LogP contribution >= 0.6 is 11.3 Å². The molecule has 4 nitrogen and oxygen atoms in total. The lowest BCUT2D eigenvalue weighted by Crippen LogP contribution is -2.13. The summed E-state index contributed by atoms with van der Waals surface area (Å²) in [4.78, 5) is 0. The maximum atomic E-state index is 8.31. The number of allylic oxidation sites excluding steroid dienone is 1. The van der Waals surface area contributed by atoms with Gasteiger partial charge in [-0.25, -0.2) is 0 Å². The van der Waals surface area contributed by atoms with E-state index < -0.39 is 0 Å². The summed E-state index contributed by atoms with van der Waals surface area (Å²) in [5, 5.41) is 19.4. The predicted molar refractivity (Wildman–Crippen MR) is 244 cm³/mol. The van der Waals surface area contributed by atoms with Crippen LogP contribution in [0.15, 0.2) is 188 Å². The number of nitrogens with one attached hydrogen (secondary N) is 2. The van der Waals surface area contributed by atoms with Crippen molar-refractivity contribution in [2.24, 2.45) is 0 Å². The number of hydrogen-bond donors (Lipinski definition) is 2. The molecule has 0 amide bonds. The number of thiophene rings is 1. The maximum Gasteiger partial charge on any atom is 0.0921 e. The van der Waals surface area contributed by atoms with Crippen molar-refractivity contribution in [1.82, 2.24) is 14.5 Å². The van der Waals surface area contributed by atoms with Gasteiger partial charge in [-0.05, 0) is 82.4 Å². The number of fused-ring (bicyclic) bond motifs is 9. The highest BCUT2D eigenvalue weighted by molar-refractivity contribution is 7.26. The molecule has 0 spiro atoms. The zero-order valence-corrected chi connectivity index (χ0v) is 31.8. The van der Waals surface area contributed by atoms with Crippen LogP contribution in [0, 0.1) is 5.41 Å². The molecule has 0 radical (unpaired) electrons. The summed E-state index contributed by atoms with van der Waals surface area (Å²) < 4.78 is 7.31. The lowest BCUT2D eigenvalue weighted by molar-refractivity contribution is 0.685. The molecule has 3 aromatic heterocycles. The van der Waals surface area contributed by atoms with E-state index in [9.17, 15) is 0 Å². The highest BCUT2D eigenvalue weighted by Gasteiger charge is 2.16. The zero-order valence-electron chi connectivity index (χ0n) is 31.0. The van der Waals surface area contributed by atoms with Crippen molar-refractivity contribution in [3.63, 3.8) is 0 Å². The molecule has 0 aliphatic carbocycles. The number of rotatable bonds is 8. The maximum absolute atomic E-state index is 8.31. The molecule has 270 valence electrons. The number of aromatic nitrogens is 2. The molecular formula is C52H36N4S.